The average molecular weight is 217 g/mol. The van der Waals surface area contributed by atoms with Gasteiger partial charge in [-0.1, -0.05) is 20.8 Å². The summed E-state index contributed by atoms with van der Waals surface area (Å²) in [5, 5.41) is 13.2. The average Bonchev–Trinajstić information content (AvgIpc) is 2.16. The van der Waals surface area contributed by atoms with Gasteiger partial charge >= 0.3 is 0 Å². The fourth-order valence-electron chi connectivity index (χ4n) is 1.09. The summed E-state index contributed by atoms with van der Waals surface area (Å²) in [7, 11) is 0. The van der Waals surface area contributed by atoms with Crippen LogP contribution >= 0.6 is 0 Å². The smallest absolute Gasteiger partial charge is 0.0766 e. The predicted octanol–water partition coefficient (Wildman–Crippen LogP) is 1.80. The van der Waals surface area contributed by atoms with Crippen LogP contribution in [0, 0.1) is 5.92 Å². The summed E-state index contributed by atoms with van der Waals surface area (Å²) in [6, 6.07) is 0. The highest BCUT2D eigenvalue weighted by Crippen LogP contribution is 2.14. The van der Waals surface area contributed by atoms with Gasteiger partial charge in [0.15, 0.2) is 0 Å². The predicted molar refractivity (Wildman–Crippen MR) is 64.1 cm³/mol. The van der Waals surface area contributed by atoms with E-state index >= 15 is 0 Å². The third kappa shape index (κ3) is 7.77. The van der Waals surface area contributed by atoms with Crippen molar-refractivity contribution in [2.24, 2.45) is 5.92 Å². The van der Waals surface area contributed by atoms with E-state index in [2.05, 4.69) is 12.2 Å². The Morgan fingerprint density at radius 1 is 1.33 bits per heavy atom. The summed E-state index contributed by atoms with van der Waals surface area (Å²) in [5.74, 6) is 0.279. The van der Waals surface area contributed by atoms with Crippen molar-refractivity contribution in [3.63, 3.8) is 0 Å². The minimum atomic E-state index is -0.607. The molecule has 3 heteroatoms. The monoisotopic (exact) mass is 217 g/mol. The van der Waals surface area contributed by atoms with Crippen LogP contribution in [0.15, 0.2) is 0 Å². The Labute approximate surface area is 94.2 Å². The van der Waals surface area contributed by atoms with E-state index in [1.165, 1.54) is 0 Å². The largest absolute Gasteiger partial charge is 0.389 e. The number of nitrogens with one attached hydrogen (secondary N) is 1. The molecule has 0 aromatic carbocycles. The second-order valence-corrected chi connectivity index (χ2v) is 4.65. The van der Waals surface area contributed by atoms with Gasteiger partial charge < -0.3 is 15.2 Å². The zero-order valence-corrected chi connectivity index (χ0v) is 10.7. The van der Waals surface area contributed by atoms with E-state index in [4.69, 9.17) is 4.74 Å². The van der Waals surface area contributed by atoms with Crippen LogP contribution in [0.2, 0.25) is 0 Å². The molecular weight excluding hydrogens is 190 g/mol. The first-order valence-electron chi connectivity index (χ1n) is 6.01. The summed E-state index contributed by atoms with van der Waals surface area (Å²) in [6.07, 6.45) is 2.09. The molecule has 0 bridgehead atoms. The molecule has 0 aliphatic heterocycles. The second kappa shape index (κ2) is 8.08. The van der Waals surface area contributed by atoms with Crippen molar-refractivity contribution in [2.75, 3.05) is 26.3 Å². The van der Waals surface area contributed by atoms with Crippen molar-refractivity contribution in [1.29, 1.82) is 0 Å². The summed E-state index contributed by atoms with van der Waals surface area (Å²) < 4.78 is 5.36. The van der Waals surface area contributed by atoms with Crippen molar-refractivity contribution < 1.29 is 9.84 Å². The molecule has 0 aliphatic carbocycles. The Balaban J connectivity index is 3.31. The zero-order valence-electron chi connectivity index (χ0n) is 10.7. The Bertz CT molecular complexity index is 147. The molecule has 0 spiro atoms. The zero-order chi connectivity index (χ0) is 11.7. The molecule has 0 aliphatic rings. The van der Waals surface area contributed by atoms with Gasteiger partial charge in [0, 0.05) is 19.8 Å². The van der Waals surface area contributed by atoms with Crippen molar-refractivity contribution in [2.45, 2.75) is 46.1 Å². The van der Waals surface area contributed by atoms with Gasteiger partial charge in [-0.2, -0.15) is 0 Å². The third-order valence-electron chi connectivity index (χ3n) is 2.72. The maximum Gasteiger partial charge on any atom is 0.0766 e. The Morgan fingerprint density at radius 3 is 2.53 bits per heavy atom. The number of rotatable bonds is 9. The van der Waals surface area contributed by atoms with Crippen LogP contribution in [0.5, 0.6) is 0 Å². The van der Waals surface area contributed by atoms with Gasteiger partial charge in [0.1, 0.15) is 0 Å². The Morgan fingerprint density at radius 2 is 2.00 bits per heavy atom. The molecule has 0 heterocycles. The standard InChI is InChI=1S/C12H27NO2/c1-5-8-15-9-6-7-13-10-12(4,14)11(2)3/h11,13-14H,5-10H2,1-4H3. The van der Waals surface area contributed by atoms with E-state index in [1.807, 2.05) is 20.8 Å². The van der Waals surface area contributed by atoms with E-state index in [0.29, 0.717) is 6.54 Å². The molecule has 0 amide bonds. The highest BCUT2D eigenvalue weighted by Gasteiger charge is 2.23. The molecule has 2 N–H and O–H groups in total. The molecular formula is C12H27NO2. The van der Waals surface area contributed by atoms with Crippen LogP contribution in [0.4, 0.5) is 0 Å². The lowest BCUT2D eigenvalue weighted by Gasteiger charge is -2.27. The minimum absolute atomic E-state index is 0.279. The Kier molecular flexibility index (Phi) is 8.02. The van der Waals surface area contributed by atoms with Crippen LogP contribution < -0.4 is 5.32 Å². The van der Waals surface area contributed by atoms with Crippen LogP contribution in [0.3, 0.4) is 0 Å². The van der Waals surface area contributed by atoms with Gasteiger partial charge in [0.2, 0.25) is 0 Å². The quantitative estimate of drug-likeness (QED) is 0.579. The number of hydrogen-bond acceptors (Lipinski definition) is 3. The molecule has 0 aromatic rings. The summed E-state index contributed by atoms with van der Waals surface area (Å²) in [5.41, 5.74) is -0.607. The van der Waals surface area contributed by atoms with E-state index in [9.17, 15) is 5.11 Å². The van der Waals surface area contributed by atoms with Crippen LogP contribution in [0.1, 0.15) is 40.5 Å². The lowest BCUT2D eigenvalue weighted by molar-refractivity contribution is 0.0138. The van der Waals surface area contributed by atoms with Crippen LogP contribution in [-0.2, 0) is 4.74 Å². The molecule has 0 fully saturated rings. The molecule has 3 nitrogen and oxygen atoms in total. The fourth-order valence-corrected chi connectivity index (χ4v) is 1.09. The van der Waals surface area contributed by atoms with Gasteiger partial charge in [0.25, 0.3) is 0 Å². The molecule has 15 heavy (non-hydrogen) atoms. The van der Waals surface area contributed by atoms with E-state index in [1.54, 1.807) is 0 Å². The number of aliphatic hydroxyl groups is 1. The second-order valence-electron chi connectivity index (χ2n) is 4.65. The number of ether oxygens (including phenoxy) is 1. The van der Waals surface area contributed by atoms with Gasteiger partial charge in [0.05, 0.1) is 5.60 Å². The molecule has 1 atom stereocenters. The van der Waals surface area contributed by atoms with Gasteiger partial charge in [-0.25, -0.2) is 0 Å². The van der Waals surface area contributed by atoms with Crippen molar-refractivity contribution in [3.05, 3.63) is 0 Å². The molecule has 0 rings (SSSR count). The van der Waals surface area contributed by atoms with Crippen LogP contribution in [0.25, 0.3) is 0 Å². The summed E-state index contributed by atoms with van der Waals surface area (Å²) in [4.78, 5) is 0. The lowest BCUT2D eigenvalue weighted by atomic mass is 9.92. The normalized spacial score (nSPS) is 15.6. The first kappa shape index (κ1) is 14.9. The topological polar surface area (TPSA) is 41.5 Å². The summed E-state index contributed by atoms with van der Waals surface area (Å²) in [6.45, 7) is 11.3. The highest BCUT2D eigenvalue weighted by atomic mass is 16.5. The van der Waals surface area contributed by atoms with Crippen LogP contribution in [-0.4, -0.2) is 37.0 Å². The summed E-state index contributed by atoms with van der Waals surface area (Å²) >= 11 is 0. The van der Waals surface area contributed by atoms with E-state index in [-0.39, 0.29) is 5.92 Å². The minimum Gasteiger partial charge on any atom is -0.389 e. The maximum absolute atomic E-state index is 9.94. The van der Waals surface area contributed by atoms with Crippen molar-refractivity contribution in [1.82, 2.24) is 5.32 Å². The maximum atomic E-state index is 9.94. The van der Waals surface area contributed by atoms with Crippen molar-refractivity contribution >= 4 is 0 Å². The molecule has 0 radical (unpaired) electrons. The van der Waals surface area contributed by atoms with Gasteiger partial charge in [-0.3, -0.25) is 0 Å². The molecule has 1 unspecified atom stereocenters. The van der Waals surface area contributed by atoms with Gasteiger partial charge in [-0.15, -0.1) is 0 Å². The number of hydrogen-bond donors (Lipinski definition) is 2. The fraction of sp³-hybridized carbons (Fsp3) is 1.00. The van der Waals surface area contributed by atoms with Crippen molar-refractivity contribution in [3.8, 4) is 0 Å². The van der Waals surface area contributed by atoms with E-state index in [0.717, 1.165) is 32.6 Å². The first-order valence-corrected chi connectivity index (χ1v) is 6.01. The third-order valence-corrected chi connectivity index (χ3v) is 2.72. The molecule has 0 aromatic heterocycles. The molecule has 0 saturated heterocycles. The molecule has 92 valence electrons. The first-order chi connectivity index (χ1) is 7.00. The van der Waals surface area contributed by atoms with E-state index < -0.39 is 5.60 Å². The lowest BCUT2D eigenvalue weighted by Crippen LogP contribution is -2.42. The highest BCUT2D eigenvalue weighted by molar-refractivity contribution is 4.78. The van der Waals surface area contributed by atoms with Gasteiger partial charge in [-0.05, 0) is 32.2 Å². The Hall–Kier alpha value is -0.120. The molecule has 0 saturated carbocycles. The SMILES string of the molecule is CCCOCCCNCC(C)(O)C(C)C.